The van der Waals surface area contributed by atoms with Gasteiger partial charge >= 0.3 is 0 Å². The fourth-order valence-corrected chi connectivity index (χ4v) is 1.47. The molecule has 0 fully saturated rings. The molecule has 0 saturated heterocycles. The van der Waals surface area contributed by atoms with E-state index in [4.69, 9.17) is 16.3 Å². The first kappa shape index (κ1) is 14.8. The molecule has 0 aliphatic heterocycles. The van der Waals surface area contributed by atoms with Gasteiger partial charge in [0.1, 0.15) is 5.75 Å². The third kappa shape index (κ3) is 4.55. The average Bonchev–Trinajstić information content (AvgIpc) is 2.38. The molecule has 0 bridgehead atoms. The van der Waals surface area contributed by atoms with Gasteiger partial charge in [0, 0.05) is 6.54 Å². The van der Waals surface area contributed by atoms with Crippen LogP contribution >= 0.6 is 11.6 Å². The number of para-hydroxylation sites is 1. The zero-order chi connectivity index (χ0) is 13.5. The first-order valence-electron chi connectivity index (χ1n) is 5.91. The van der Waals surface area contributed by atoms with E-state index in [1.54, 1.807) is 31.2 Å². The molecule has 2 unspecified atom stereocenters. The van der Waals surface area contributed by atoms with Gasteiger partial charge in [-0.3, -0.25) is 4.79 Å². The number of ether oxygens (including phenoxy) is 1. The maximum Gasteiger partial charge on any atom is 0.260 e. The highest BCUT2D eigenvalue weighted by Gasteiger charge is 2.16. The van der Waals surface area contributed by atoms with Gasteiger partial charge in [-0.1, -0.05) is 30.7 Å². The summed E-state index contributed by atoms with van der Waals surface area (Å²) in [7, 11) is 0. The fourth-order valence-electron chi connectivity index (χ4n) is 1.29. The second-order valence-corrected chi connectivity index (χ2v) is 4.40. The van der Waals surface area contributed by atoms with Gasteiger partial charge in [-0.2, -0.15) is 0 Å². The van der Waals surface area contributed by atoms with Crippen LogP contribution in [-0.4, -0.2) is 29.8 Å². The maximum atomic E-state index is 11.7. The number of rotatable bonds is 6. The van der Waals surface area contributed by atoms with Crippen LogP contribution in [0.25, 0.3) is 0 Å². The van der Waals surface area contributed by atoms with Crippen molar-refractivity contribution in [1.29, 1.82) is 0 Å². The molecule has 0 aliphatic carbocycles. The maximum absolute atomic E-state index is 11.7. The molecule has 0 spiro atoms. The molecule has 100 valence electrons. The van der Waals surface area contributed by atoms with Gasteiger partial charge in [-0.25, -0.2) is 0 Å². The highest BCUT2D eigenvalue weighted by molar-refractivity contribution is 6.32. The number of aliphatic hydroxyl groups is 1. The van der Waals surface area contributed by atoms with Crippen LogP contribution < -0.4 is 10.1 Å². The van der Waals surface area contributed by atoms with Gasteiger partial charge < -0.3 is 15.2 Å². The molecule has 1 aromatic rings. The lowest BCUT2D eigenvalue weighted by Gasteiger charge is -2.16. The van der Waals surface area contributed by atoms with E-state index < -0.39 is 12.2 Å². The zero-order valence-corrected chi connectivity index (χ0v) is 11.3. The van der Waals surface area contributed by atoms with Crippen LogP contribution in [-0.2, 0) is 4.79 Å². The molecule has 0 radical (unpaired) electrons. The Morgan fingerprint density at radius 2 is 2.17 bits per heavy atom. The van der Waals surface area contributed by atoms with Gasteiger partial charge in [-0.05, 0) is 25.5 Å². The molecule has 18 heavy (non-hydrogen) atoms. The first-order valence-corrected chi connectivity index (χ1v) is 6.29. The summed E-state index contributed by atoms with van der Waals surface area (Å²) in [5, 5.41) is 12.4. The molecule has 1 aromatic carbocycles. The molecule has 0 aliphatic rings. The second-order valence-electron chi connectivity index (χ2n) is 4.00. The number of aliphatic hydroxyl groups excluding tert-OH is 1. The Balaban J connectivity index is 2.47. The second kappa shape index (κ2) is 7.24. The van der Waals surface area contributed by atoms with Crippen LogP contribution in [0, 0.1) is 0 Å². The molecule has 2 atom stereocenters. The predicted octanol–water partition coefficient (Wildman–Crippen LogP) is 1.99. The van der Waals surface area contributed by atoms with E-state index in [1.165, 1.54) is 0 Å². The Labute approximate surface area is 112 Å². The number of hydrogen-bond donors (Lipinski definition) is 2. The van der Waals surface area contributed by atoms with Crippen LogP contribution in [0.15, 0.2) is 24.3 Å². The number of carbonyl (C=O) groups is 1. The van der Waals surface area contributed by atoms with Crippen molar-refractivity contribution in [2.24, 2.45) is 0 Å². The highest BCUT2D eigenvalue weighted by atomic mass is 35.5. The highest BCUT2D eigenvalue weighted by Crippen LogP contribution is 2.24. The lowest BCUT2D eigenvalue weighted by atomic mass is 10.2. The largest absolute Gasteiger partial charge is 0.479 e. The molecule has 0 heterocycles. The Bertz CT molecular complexity index is 398. The summed E-state index contributed by atoms with van der Waals surface area (Å²) in [6, 6.07) is 6.97. The molecular weight excluding hydrogens is 254 g/mol. The van der Waals surface area contributed by atoms with Gasteiger partial charge in [-0.15, -0.1) is 0 Å². The SMILES string of the molecule is CCC(O)CNC(=O)C(C)Oc1ccccc1Cl. The van der Waals surface area contributed by atoms with Crippen molar-refractivity contribution in [3.63, 3.8) is 0 Å². The minimum atomic E-state index is -0.658. The van der Waals surface area contributed by atoms with E-state index in [-0.39, 0.29) is 12.5 Å². The van der Waals surface area contributed by atoms with Crippen molar-refractivity contribution in [3.05, 3.63) is 29.3 Å². The Morgan fingerprint density at radius 3 is 2.78 bits per heavy atom. The van der Waals surface area contributed by atoms with Crippen LogP contribution in [0.3, 0.4) is 0 Å². The van der Waals surface area contributed by atoms with Crippen molar-refractivity contribution in [2.45, 2.75) is 32.5 Å². The predicted molar refractivity (Wildman–Crippen MR) is 70.8 cm³/mol. The summed E-state index contributed by atoms with van der Waals surface area (Å²) in [6.45, 7) is 3.71. The molecule has 0 saturated carbocycles. The van der Waals surface area contributed by atoms with Gasteiger partial charge in [0.05, 0.1) is 11.1 Å². The molecule has 1 amide bonds. The number of amides is 1. The van der Waals surface area contributed by atoms with Crippen molar-refractivity contribution in [2.75, 3.05) is 6.54 Å². The number of nitrogens with one attached hydrogen (secondary N) is 1. The summed E-state index contributed by atoms with van der Waals surface area (Å²) in [5.41, 5.74) is 0. The minimum absolute atomic E-state index is 0.228. The van der Waals surface area contributed by atoms with E-state index >= 15 is 0 Å². The standard InChI is InChI=1S/C13H18ClNO3/c1-3-10(16)8-15-13(17)9(2)18-12-7-5-4-6-11(12)14/h4-7,9-10,16H,3,8H2,1-2H3,(H,15,17). The van der Waals surface area contributed by atoms with Gasteiger partial charge in [0.2, 0.25) is 0 Å². The first-order chi connectivity index (χ1) is 8.54. The molecule has 5 heteroatoms. The third-order valence-corrected chi connectivity index (χ3v) is 2.81. The topological polar surface area (TPSA) is 58.6 Å². The van der Waals surface area contributed by atoms with Gasteiger partial charge in [0.25, 0.3) is 5.91 Å². The fraction of sp³-hybridized carbons (Fsp3) is 0.462. The van der Waals surface area contributed by atoms with E-state index in [0.29, 0.717) is 17.2 Å². The lowest BCUT2D eigenvalue weighted by Crippen LogP contribution is -2.40. The Morgan fingerprint density at radius 1 is 1.50 bits per heavy atom. The van der Waals surface area contributed by atoms with Crippen molar-refractivity contribution < 1.29 is 14.6 Å². The monoisotopic (exact) mass is 271 g/mol. The zero-order valence-electron chi connectivity index (χ0n) is 10.5. The van der Waals surface area contributed by atoms with Gasteiger partial charge in [0.15, 0.2) is 6.10 Å². The summed E-state index contributed by atoms with van der Waals surface area (Å²) in [6.07, 6.45) is -0.588. The lowest BCUT2D eigenvalue weighted by molar-refractivity contribution is -0.127. The summed E-state index contributed by atoms with van der Waals surface area (Å²) >= 11 is 5.93. The minimum Gasteiger partial charge on any atom is -0.479 e. The summed E-state index contributed by atoms with van der Waals surface area (Å²) < 4.78 is 5.45. The number of halogens is 1. The smallest absolute Gasteiger partial charge is 0.260 e. The van der Waals surface area contributed by atoms with Crippen LogP contribution in [0.1, 0.15) is 20.3 Å². The number of hydrogen-bond acceptors (Lipinski definition) is 3. The van der Waals surface area contributed by atoms with Crippen LogP contribution in [0.4, 0.5) is 0 Å². The van der Waals surface area contributed by atoms with E-state index in [1.807, 2.05) is 6.92 Å². The molecular formula is C13H18ClNO3. The molecule has 4 nitrogen and oxygen atoms in total. The van der Waals surface area contributed by atoms with Crippen molar-refractivity contribution in [1.82, 2.24) is 5.32 Å². The van der Waals surface area contributed by atoms with Crippen molar-refractivity contribution in [3.8, 4) is 5.75 Å². The summed E-state index contributed by atoms with van der Waals surface area (Å²) in [4.78, 5) is 11.7. The molecule has 1 rings (SSSR count). The quantitative estimate of drug-likeness (QED) is 0.832. The Hall–Kier alpha value is -1.26. The van der Waals surface area contributed by atoms with E-state index in [2.05, 4.69) is 5.32 Å². The van der Waals surface area contributed by atoms with Crippen LogP contribution in [0.2, 0.25) is 5.02 Å². The van der Waals surface area contributed by atoms with E-state index in [9.17, 15) is 9.90 Å². The van der Waals surface area contributed by atoms with Crippen LogP contribution in [0.5, 0.6) is 5.75 Å². The van der Waals surface area contributed by atoms with Crippen molar-refractivity contribution >= 4 is 17.5 Å². The Kier molecular flexibility index (Phi) is 5.95. The number of carbonyl (C=O) groups excluding carboxylic acids is 1. The average molecular weight is 272 g/mol. The summed E-state index contributed by atoms with van der Waals surface area (Å²) in [5.74, 6) is 0.195. The number of benzene rings is 1. The molecule has 2 N–H and O–H groups in total. The molecule has 0 aromatic heterocycles. The normalized spacial score (nSPS) is 13.8. The third-order valence-electron chi connectivity index (χ3n) is 2.49. The van der Waals surface area contributed by atoms with E-state index in [0.717, 1.165) is 0 Å².